The van der Waals surface area contributed by atoms with Crippen molar-refractivity contribution in [2.45, 2.75) is 247 Å². The summed E-state index contributed by atoms with van der Waals surface area (Å²) in [7, 11) is 31.8. The van der Waals surface area contributed by atoms with Crippen molar-refractivity contribution in [2.75, 3.05) is 71.2 Å². The average Bonchev–Trinajstić information content (AvgIpc) is 1.63. The van der Waals surface area contributed by atoms with Gasteiger partial charge < -0.3 is 20.9 Å². The number of rotatable bonds is 20. The van der Waals surface area contributed by atoms with Crippen molar-refractivity contribution in [1.29, 1.82) is 0 Å². The van der Waals surface area contributed by atoms with Crippen LogP contribution in [0.25, 0.3) is 33.1 Å². The Balaban J connectivity index is 0.00000165. The molecule has 10 heterocycles. The Labute approximate surface area is 718 Å². The van der Waals surface area contributed by atoms with E-state index >= 15 is 0 Å². The van der Waals surface area contributed by atoms with Crippen molar-refractivity contribution < 1.29 is 49.1 Å². The van der Waals surface area contributed by atoms with E-state index in [9.17, 15) is 63.5 Å². The van der Waals surface area contributed by atoms with Crippen LogP contribution in [-0.2, 0) is 42.3 Å². The van der Waals surface area contributed by atoms with Gasteiger partial charge in [0.15, 0.2) is 0 Å². The summed E-state index contributed by atoms with van der Waals surface area (Å²) in [6.45, 7) is 10.8. The van der Waals surface area contributed by atoms with E-state index in [2.05, 4.69) is 31.2 Å². The number of piperidine rings is 5. The predicted octanol–water partition coefficient (Wildman–Crippen LogP) is 14.4. The second-order valence-corrected chi connectivity index (χ2v) is 29.6. The smallest absolute Gasteiger partial charge is 0.384 e. The first-order chi connectivity index (χ1) is 52.3. The van der Waals surface area contributed by atoms with Gasteiger partial charge in [-0.1, -0.05) is 111 Å². The third-order valence-corrected chi connectivity index (χ3v) is 21.7. The van der Waals surface area contributed by atoms with Gasteiger partial charge in [0.25, 0.3) is 0 Å². The fraction of sp³-hybridized carbons (Fsp3) is 0.598. The fourth-order valence-corrected chi connectivity index (χ4v) is 16.0. The summed E-state index contributed by atoms with van der Waals surface area (Å²) in [6, 6.07) is 29.5. The number of benzene rings is 3. The summed E-state index contributed by atoms with van der Waals surface area (Å²) >= 11 is 0. The zero-order valence-corrected chi connectivity index (χ0v) is 62.2. The van der Waals surface area contributed by atoms with Crippen LogP contribution in [0.3, 0.4) is 0 Å². The summed E-state index contributed by atoms with van der Waals surface area (Å²) in [5.74, 6) is 0.918. The average molecular weight is 1670 g/mol. The molecule has 0 bridgehead atoms. The highest BCUT2D eigenvalue weighted by Gasteiger charge is 2.37. The Morgan fingerprint density at radius 1 is 0.425 bits per heavy atom. The van der Waals surface area contributed by atoms with Gasteiger partial charge in [0.1, 0.15) is 5.82 Å². The number of aromatic nitrogens is 8. The molecule has 13 rings (SSSR count). The minimum atomic E-state index is -4.27. The minimum absolute atomic E-state index is 0. The Bertz CT molecular complexity index is 4300. The molecule has 0 aliphatic carbocycles. The molecule has 5 saturated heterocycles. The molecule has 0 unspecified atom stereocenters. The lowest BCUT2D eigenvalue weighted by Crippen LogP contribution is -2.62. The van der Waals surface area contributed by atoms with Crippen LogP contribution in [0.5, 0.6) is 0 Å². The highest BCUT2D eigenvalue weighted by atomic mass is 19.4. The number of amides is 2. The lowest BCUT2D eigenvalue weighted by atomic mass is 8.58. The number of anilines is 1. The largest absolute Gasteiger partial charge is 0.390 e. The zero-order chi connectivity index (χ0) is 79.2. The number of halogens is 9. The summed E-state index contributed by atoms with van der Waals surface area (Å²) in [5, 5.41) is 3.23. The van der Waals surface area contributed by atoms with Gasteiger partial charge in [0, 0.05) is 192 Å². The van der Waals surface area contributed by atoms with Gasteiger partial charge in [-0.2, -0.15) is 39.5 Å². The quantitative estimate of drug-likeness (QED) is 0.0545. The number of nitrogens with zero attached hydrogens (tertiary/aromatic N) is 12. The lowest BCUT2D eigenvalue weighted by Gasteiger charge is -2.37. The molecule has 5 aliphatic rings. The summed E-state index contributed by atoms with van der Waals surface area (Å²) in [6.07, 6.45) is -7.22. The molecule has 19 nitrogen and oxygen atoms in total. The van der Waals surface area contributed by atoms with Crippen molar-refractivity contribution in [3.05, 3.63) is 158 Å². The Morgan fingerprint density at radius 2 is 0.733 bits per heavy atom. The van der Waals surface area contributed by atoms with E-state index in [0.717, 1.165) is 119 Å². The number of fused-ring (bicyclic) bond motifs is 3. The molecule has 120 heavy (non-hydrogen) atoms. The zero-order valence-electron chi connectivity index (χ0n) is 62.2. The first kappa shape index (κ1) is 112. The third kappa shape index (κ3) is 30.1. The van der Waals surface area contributed by atoms with Gasteiger partial charge in [-0.3, -0.25) is 51.8 Å². The molecule has 38 heteroatoms. The molecule has 3 aromatic carbocycles. The minimum Gasteiger partial charge on any atom is -0.384 e. The van der Waals surface area contributed by atoms with E-state index in [1.807, 2.05) is 77.5 Å². The lowest BCUT2D eigenvalue weighted by molar-refractivity contribution is -0.139. The van der Waals surface area contributed by atoms with Gasteiger partial charge in [-0.15, -0.1) is 0 Å². The Morgan fingerprint density at radius 3 is 1.04 bits per heavy atom. The molecule has 8 aromatic rings. The normalized spacial score (nSPS) is 15.7. The summed E-state index contributed by atoms with van der Waals surface area (Å²) in [4.78, 5) is 82.8. The van der Waals surface area contributed by atoms with Crippen LogP contribution in [0.15, 0.2) is 124 Å². The van der Waals surface area contributed by atoms with Crippen LogP contribution in [0.1, 0.15) is 206 Å². The van der Waals surface area contributed by atoms with E-state index in [1.54, 1.807) is 56.3 Å². The fourth-order valence-electron chi connectivity index (χ4n) is 16.0. The van der Waals surface area contributed by atoms with Gasteiger partial charge in [-0.05, 0) is 195 Å². The molecule has 5 aromatic heterocycles. The maximum Gasteiger partial charge on any atom is 0.390 e. The van der Waals surface area contributed by atoms with Gasteiger partial charge in [-0.25, -0.2) is 19.4 Å². The van der Waals surface area contributed by atoms with E-state index in [-0.39, 0.29) is 166 Å². The number of aryl methyl sites for hydroxylation is 4. The van der Waals surface area contributed by atoms with Crippen LogP contribution in [0, 0.1) is 18.8 Å². The maximum absolute atomic E-state index is 13.3. The molecule has 2 amide bonds. The second-order valence-electron chi connectivity index (χ2n) is 29.6. The molecule has 0 atom stereocenters. The Hall–Kier alpha value is -7.59. The monoisotopic (exact) mass is 1670 g/mol. The second kappa shape index (κ2) is 50.9. The molecule has 3 N–H and O–H groups in total. The van der Waals surface area contributed by atoms with Crippen molar-refractivity contribution in [1.82, 2.24) is 62.3 Å². The van der Waals surface area contributed by atoms with Crippen molar-refractivity contribution in [3.63, 3.8) is 0 Å². The molecule has 0 saturated carbocycles. The van der Waals surface area contributed by atoms with E-state index in [4.69, 9.17) is 52.2 Å². The topological polar surface area (TPSA) is 192 Å². The van der Waals surface area contributed by atoms with Crippen LogP contribution in [0.4, 0.5) is 45.3 Å². The number of nitrogens with two attached hydrogens (primary N) is 1. The van der Waals surface area contributed by atoms with Crippen LogP contribution < -0.4 is 28.1 Å². The van der Waals surface area contributed by atoms with E-state index in [0.29, 0.717) is 74.2 Å². The number of carbonyl (C=O) groups excluding carboxylic acids is 2. The number of pyridine rings is 2. The van der Waals surface area contributed by atoms with Gasteiger partial charge >= 0.3 is 35.6 Å². The molecule has 5 fully saturated rings. The molecule has 12 radical (unpaired) electrons. The van der Waals surface area contributed by atoms with Crippen LogP contribution in [-0.4, -0.2) is 225 Å². The standard InChI is InChI=1S/C29H36F3N5O2.C28H35F3N6O2.C15H18F3N3O.10CH4.B10/c1-21-19-22(7-13-33-21)20-34-15-8-23(9-16-34)27(38)35-17-10-24(11-18-35)37-26-6-3-2-5-25(26)36(28(37)39)14-4-12-29(30,31)32;29-28(30,31)11-3-13-36-23-4-1-2-5-24(23)37(27(36)39)22-9-16-35(17-10-22)26(38)21-7-14-34(15-8-21)19-20-6-12-33-25(32)18-20;16-15(17,18)7-10-20-12-3-1-2-4-13(12)21(14(20)22)11-5-8-19-9-6-11;;;;;;;;;;;1-7(2)10(8(3)4)9(5)6/h2-3,5-7,13,19,23-24H,4,8-12,14-18,20H2,1H3;1-2,4-6,12,18,21-22H,3,7-11,13-17,19H2,(H2,32,33);1-4,11,19H,5-10H2;10*1H4;. The number of hydrogen-bond acceptors (Lipinski definition) is 11. The molecular weight excluding hydrogens is 1540 g/mol. The highest BCUT2D eigenvalue weighted by molar-refractivity contribution is 8.00. The number of nitrogen functional groups attached to an aromatic ring is 1. The van der Waals surface area contributed by atoms with E-state index in [1.165, 1.54) is 19.3 Å². The van der Waals surface area contributed by atoms with Crippen LogP contribution in [0.2, 0.25) is 0 Å². The SMILES string of the molecule is C.C.C.C.C.C.C.C.C.C.Cc1cc(CN2CCC(C(=O)N3CCC(n4c(=O)n(CCCC(F)(F)F)c5ccccc54)CC3)CC2)ccn1.Nc1cc(CN2CCC(C(=O)N3CCC(n4c(=O)n(CCCC(F)(F)F)c5ccccc54)CC3)CC2)ccn1.O=c1n(CCC(F)(F)F)c2ccccc2n1C1CCNCC1.[B]B([B])B(B([B])[B])B([B])[B]. The molecular formula is C82H129B10F9N14O5. The first-order valence-corrected chi connectivity index (χ1v) is 38.0. The first-order valence-electron chi connectivity index (χ1n) is 38.0. The molecule has 5 aliphatic heterocycles. The Kier molecular flexibility index (Phi) is 47.6. The number of para-hydroxylation sites is 6. The highest BCUT2D eigenvalue weighted by Crippen LogP contribution is 2.34. The van der Waals surface area contributed by atoms with Crippen molar-refractivity contribution in [2.24, 2.45) is 11.8 Å². The molecule has 650 valence electrons. The maximum atomic E-state index is 13.3. The number of likely N-dealkylation sites (tertiary alicyclic amines) is 4. The van der Waals surface area contributed by atoms with Gasteiger partial charge in [0.05, 0.1) is 39.5 Å². The number of carbonyl (C=O) groups is 2. The van der Waals surface area contributed by atoms with Crippen molar-refractivity contribution >= 4 is 123 Å². The summed E-state index contributed by atoms with van der Waals surface area (Å²) in [5.41, 5.74) is 12.4. The molecule has 0 spiro atoms. The predicted molar refractivity (Wildman–Crippen MR) is 489 cm³/mol. The van der Waals surface area contributed by atoms with Crippen molar-refractivity contribution in [3.8, 4) is 0 Å². The number of hydrogen-bond donors (Lipinski definition) is 2. The van der Waals surface area contributed by atoms with E-state index < -0.39 is 63.3 Å². The number of imidazole rings is 3. The number of alkyl halides is 9. The summed E-state index contributed by atoms with van der Waals surface area (Å²) < 4.78 is 123. The van der Waals surface area contributed by atoms with Crippen LogP contribution >= 0.6 is 0 Å². The third-order valence-electron chi connectivity index (χ3n) is 21.7. The number of nitrogens with one attached hydrogen (secondary N) is 1. The van der Waals surface area contributed by atoms with Gasteiger partial charge in [0.2, 0.25) is 11.8 Å².